The van der Waals surface area contributed by atoms with Crippen LogP contribution in [-0.2, 0) is 9.53 Å². The lowest BCUT2D eigenvalue weighted by Gasteiger charge is -2.21. The lowest BCUT2D eigenvalue weighted by Crippen LogP contribution is -2.27. The summed E-state index contributed by atoms with van der Waals surface area (Å²) < 4.78 is 17.0. The Morgan fingerprint density at radius 3 is 2.38 bits per heavy atom. The third-order valence-electron chi connectivity index (χ3n) is 5.71. The second kappa shape index (κ2) is 14.7. The largest absolute Gasteiger partial charge is 0.494 e. The van der Waals surface area contributed by atoms with Gasteiger partial charge in [-0.25, -0.2) is 9.78 Å². The standard InChI is InChI=1S/C31H40N2O5S/c1-6-8-9-10-11-20-36-23-18-16-22(17-19-23)26-21-32-29(39-26)24-14-12-15-25(28(24)37-27(34)13-7-2)33-30(35)38-31(3,4)5/h12,14-19,21H,6-11,13,20H2,1-5H3,(H,33,35). The van der Waals surface area contributed by atoms with Gasteiger partial charge in [0.15, 0.2) is 5.75 Å². The fraction of sp³-hybridized carbons (Fsp3) is 0.452. The predicted octanol–water partition coefficient (Wildman–Crippen LogP) is 8.88. The summed E-state index contributed by atoms with van der Waals surface area (Å²) in [6.07, 6.45) is 8.11. The molecule has 0 saturated heterocycles. The van der Waals surface area contributed by atoms with Crippen LogP contribution >= 0.6 is 11.3 Å². The van der Waals surface area contributed by atoms with Gasteiger partial charge in [-0.15, -0.1) is 11.3 Å². The number of ether oxygens (including phenoxy) is 3. The van der Waals surface area contributed by atoms with E-state index < -0.39 is 11.7 Å². The van der Waals surface area contributed by atoms with E-state index in [0.717, 1.165) is 29.2 Å². The Kier molecular flexibility index (Phi) is 11.3. The first-order chi connectivity index (χ1) is 18.7. The van der Waals surface area contributed by atoms with Crippen LogP contribution in [0, 0.1) is 0 Å². The summed E-state index contributed by atoms with van der Waals surface area (Å²) >= 11 is 1.48. The average molecular weight is 553 g/mol. The third kappa shape index (κ3) is 9.70. The van der Waals surface area contributed by atoms with E-state index in [4.69, 9.17) is 14.2 Å². The van der Waals surface area contributed by atoms with Crippen LogP contribution in [0.2, 0.25) is 0 Å². The van der Waals surface area contributed by atoms with Crippen molar-refractivity contribution < 1.29 is 23.8 Å². The monoisotopic (exact) mass is 552 g/mol. The number of anilines is 1. The highest BCUT2D eigenvalue weighted by Gasteiger charge is 2.22. The van der Waals surface area contributed by atoms with Crippen LogP contribution in [0.5, 0.6) is 11.5 Å². The van der Waals surface area contributed by atoms with Crippen LogP contribution < -0.4 is 14.8 Å². The molecule has 0 aliphatic carbocycles. The highest BCUT2D eigenvalue weighted by atomic mass is 32.1. The summed E-state index contributed by atoms with van der Waals surface area (Å²) in [4.78, 5) is 30.5. The number of aromatic nitrogens is 1. The smallest absolute Gasteiger partial charge is 0.412 e. The molecule has 0 radical (unpaired) electrons. The van der Waals surface area contributed by atoms with Gasteiger partial charge in [0, 0.05) is 12.6 Å². The van der Waals surface area contributed by atoms with Gasteiger partial charge in [0.25, 0.3) is 0 Å². The Hall–Kier alpha value is -3.39. The topological polar surface area (TPSA) is 86.8 Å². The van der Waals surface area contributed by atoms with Gasteiger partial charge >= 0.3 is 12.1 Å². The molecule has 1 amide bonds. The zero-order chi connectivity index (χ0) is 28.3. The average Bonchev–Trinajstić information content (AvgIpc) is 3.37. The summed E-state index contributed by atoms with van der Waals surface area (Å²) in [5, 5.41) is 3.40. The van der Waals surface area contributed by atoms with Crippen molar-refractivity contribution in [1.82, 2.24) is 4.98 Å². The van der Waals surface area contributed by atoms with Gasteiger partial charge < -0.3 is 14.2 Å². The van der Waals surface area contributed by atoms with Crippen LogP contribution in [0.3, 0.4) is 0 Å². The van der Waals surface area contributed by atoms with Gasteiger partial charge in [-0.2, -0.15) is 0 Å². The first-order valence-electron chi connectivity index (χ1n) is 13.7. The quantitative estimate of drug-likeness (QED) is 0.129. The van der Waals surface area contributed by atoms with Crippen molar-refractivity contribution in [3.8, 4) is 32.5 Å². The van der Waals surface area contributed by atoms with Crippen LogP contribution in [0.4, 0.5) is 10.5 Å². The Labute approximate surface area is 235 Å². The molecule has 2 aromatic carbocycles. The van der Waals surface area contributed by atoms with Gasteiger partial charge in [0.1, 0.15) is 16.4 Å². The van der Waals surface area contributed by atoms with Crippen molar-refractivity contribution in [3.05, 3.63) is 48.7 Å². The Bertz CT molecular complexity index is 1210. The van der Waals surface area contributed by atoms with Crippen LogP contribution in [-0.4, -0.2) is 29.3 Å². The number of nitrogens with one attached hydrogen (secondary N) is 1. The molecular weight excluding hydrogens is 512 g/mol. The minimum atomic E-state index is -0.666. The number of rotatable bonds is 13. The predicted molar refractivity (Wildman–Crippen MR) is 158 cm³/mol. The molecule has 0 bridgehead atoms. The molecule has 3 rings (SSSR count). The lowest BCUT2D eigenvalue weighted by molar-refractivity contribution is -0.134. The molecule has 0 unspecified atom stereocenters. The second-order valence-electron chi connectivity index (χ2n) is 10.3. The molecule has 0 fully saturated rings. The minimum absolute atomic E-state index is 0.255. The normalized spacial score (nSPS) is 11.2. The molecule has 3 aromatic rings. The molecule has 1 N–H and O–H groups in total. The number of carbonyl (C=O) groups is 2. The van der Waals surface area contributed by atoms with Crippen molar-refractivity contribution in [1.29, 1.82) is 0 Å². The molecule has 39 heavy (non-hydrogen) atoms. The van der Waals surface area contributed by atoms with E-state index in [0.29, 0.717) is 22.7 Å². The lowest BCUT2D eigenvalue weighted by atomic mass is 10.1. The fourth-order valence-corrected chi connectivity index (χ4v) is 4.78. The number of esters is 1. The molecule has 0 atom stereocenters. The number of carbonyl (C=O) groups excluding carboxylic acids is 2. The molecule has 0 spiro atoms. The summed E-state index contributed by atoms with van der Waals surface area (Å²) in [5.41, 5.74) is 1.31. The zero-order valence-corrected chi connectivity index (χ0v) is 24.5. The summed E-state index contributed by atoms with van der Waals surface area (Å²) in [6, 6.07) is 13.3. The Morgan fingerprint density at radius 1 is 0.949 bits per heavy atom. The minimum Gasteiger partial charge on any atom is -0.494 e. The van der Waals surface area contributed by atoms with Crippen LogP contribution in [0.25, 0.3) is 21.0 Å². The van der Waals surface area contributed by atoms with Gasteiger partial charge in [-0.3, -0.25) is 10.1 Å². The van der Waals surface area contributed by atoms with Gasteiger partial charge in [-0.05, 0) is 75.6 Å². The second-order valence-corrected chi connectivity index (χ2v) is 11.4. The molecular formula is C31H40N2O5S. The fourth-order valence-electron chi connectivity index (χ4n) is 3.84. The van der Waals surface area contributed by atoms with E-state index in [9.17, 15) is 9.59 Å². The van der Waals surface area contributed by atoms with E-state index in [1.807, 2.05) is 37.3 Å². The zero-order valence-electron chi connectivity index (χ0n) is 23.7. The molecule has 1 heterocycles. The van der Waals surface area contributed by atoms with Crippen molar-refractivity contribution in [2.24, 2.45) is 0 Å². The Balaban J connectivity index is 1.78. The number of unbranched alkanes of at least 4 members (excludes halogenated alkanes) is 4. The van der Waals surface area contributed by atoms with Crippen LogP contribution in [0.1, 0.15) is 79.6 Å². The van der Waals surface area contributed by atoms with E-state index >= 15 is 0 Å². The van der Waals surface area contributed by atoms with Crippen molar-refractivity contribution >= 4 is 29.1 Å². The van der Waals surface area contributed by atoms with E-state index in [2.05, 4.69) is 17.2 Å². The number of thiazole rings is 1. The van der Waals surface area contributed by atoms with E-state index in [1.54, 1.807) is 39.1 Å². The first-order valence-corrected chi connectivity index (χ1v) is 14.5. The summed E-state index contributed by atoms with van der Waals surface area (Å²) in [5.74, 6) is 0.727. The molecule has 7 nitrogen and oxygen atoms in total. The Morgan fingerprint density at radius 2 is 1.69 bits per heavy atom. The van der Waals surface area contributed by atoms with Crippen molar-refractivity contribution in [3.63, 3.8) is 0 Å². The van der Waals surface area contributed by atoms with E-state index in [1.165, 1.54) is 37.0 Å². The maximum Gasteiger partial charge on any atom is 0.412 e. The number of hydrogen-bond acceptors (Lipinski definition) is 7. The number of nitrogens with zero attached hydrogens (tertiary/aromatic N) is 1. The SMILES string of the molecule is CCCCCCCOc1ccc(-c2cnc(-c3cccc(NC(=O)OC(C)(C)C)c3OC(=O)CCC)s2)cc1. The summed E-state index contributed by atoms with van der Waals surface area (Å²) in [7, 11) is 0. The maximum atomic E-state index is 12.5. The highest BCUT2D eigenvalue weighted by Crippen LogP contribution is 2.41. The van der Waals surface area contributed by atoms with Gasteiger partial charge in [0.2, 0.25) is 0 Å². The highest BCUT2D eigenvalue weighted by molar-refractivity contribution is 7.18. The number of benzene rings is 2. The van der Waals surface area contributed by atoms with Gasteiger partial charge in [-0.1, -0.05) is 45.6 Å². The van der Waals surface area contributed by atoms with E-state index in [-0.39, 0.29) is 18.1 Å². The number of para-hydroxylation sites is 1. The molecule has 8 heteroatoms. The van der Waals surface area contributed by atoms with Crippen molar-refractivity contribution in [2.45, 2.75) is 85.2 Å². The number of hydrogen-bond donors (Lipinski definition) is 1. The molecule has 0 saturated carbocycles. The van der Waals surface area contributed by atoms with Crippen LogP contribution in [0.15, 0.2) is 48.7 Å². The number of amides is 1. The van der Waals surface area contributed by atoms with Crippen molar-refractivity contribution in [2.75, 3.05) is 11.9 Å². The van der Waals surface area contributed by atoms with Gasteiger partial charge in [0.05, 0.1) is 22.7 Å². The molecule has 210 valence electrons. The molecule has 0 aliphatic rings. The molecule has 0 aliphatic heterocycles. The maximum absolute atomic E-state index is 12.5. The first kappa shape index (κ1) is 30.2. The molecule has 1 aromatic heterocycles. The third-order valence-corrected chi connectivity index (χ3v) is 6.79. The summed E-state index contributed by atoms with van der Waals surface area (Å²) in [6.45, 7) is 10.2.